The van der Waals surface area contributed by atoms with Crippen molar-refractivity contribution in [1.29, 1.82) is 5.26 Å². The van der Waals surface area contributed by atoms with Crippen molar-refractivity contribution < 1.29 is 13.2 Å². The molecule has 0 fully saturated rings. The minimum Gasteiger partial charge on any atom is -0.332 e. The number of benzene rings is 2. The second-order valence-electron chi connectivity index (χ2n) is 7.26. The van der Waals surface area contributed by atoms with E-state index in [4.69, 9.17) is 5.26 Å². The highest BCUT2D eigenvalue weighted by atomic mass is 32.2. The molecular weight excluding hydrogens is 374 g/mol. The largest absolute Gasteiger partial charge is 0.332 e. The van der Waals surface area contributed by atoms with Crippen LogP contribution in [0.4, 0.5) is 5.69 Å². The molecule has 0 aromatic heterocycles. The van der Waals surface area contributed by atoms with Gasteiger partial charge in [-0.3, -0.25) is 9.10 Å². The Morgan fingerprint density at radius 3 is 2.46 bits per heavy atom. The fourth-order valence-corrected chi connectivity index (χ4v) is 4.34. The molecule has 0 N–H and O–H groups in total. The maximum absolute atomic E-state index is 13.1. The first-order chi connectivity index (χ1) is 13.2. The third-order valence-corrected chi connectivity index (χ3v) is 6.08. The van der Waals surface area contributed by atoms with E-state index in [-0.39, 0.29) is 11.9 Å². The van der Waals surface area contributed by atoms with Crippen molar-refractivity contribution in [1.82, 2.24) is 4.90 Å². The first-order valence-electron chi connectivity index (χ1n) is 9.11. The van der Waals surface area contributed by atoms with Gasteiger partial charge in [0.1, 0.15) is 0 Å². The molecule has 1 aliphatic heterocycles. The first kappa shape index (κ1) is 19.9. The zero-order chi connectivity index (χ0) is 20.5. The van der Waals surface area contributed by atoms with Gasteiger partial charge >= 0.3 is 0 Å². The lowest BCUT2D eigenvalue weighted by Gasteiger charge is -2.27. The van der Waals surface area contributed by atoms with Crippen molar-refractivity contribution in [2.75, 3.05) is 17.1 Å². The molecule has 1 heterocycles. The van der Waals surface area contributed by atoms with Gasteiger partial charge in [-0.25, -0.2) is 8.42 Å². The van der Waals surface area contributed by atoms with Crippen LogP contribution < -0.4 is 4.31 Å². The molecule has 0 saturated carbocycles. The molecule has 2 aromatic carbocycles. The Morgan fingerprint density at radius 1 is 1.21 bits per heavy atom. The van der Waals surface area contributed by atoms with Crippen LogP contribution in [-0.4, -0.2) is 38.1 Å². The molecule has 0 saturated heterocycles. The lowest BCUT2D eigenvalue weighted by molar-refractivity contribution is 0.0690. The Kier molecular flexibility index (Phi) is 5.43. The highest BCUT2D eigenvalue weighted by molar-refractivity contribution is 7.92. The van der Waals surface area contributed by atoms with Gasteiger partial charge in [-0.15, -0.1) is 0 Å². The first-order valence-corrected chi connectivity index (χ1v) is 11.0. The van der Waals surface area contributed by atoms with E-state index in [1.807, 2.05) is 26.0 Å². The van der Waals surface area contributed by atoms with Gasteiger partial charge in [0.05, 0.1) is 23.6 Å². The van der Waals surface area contributed by atoms with Gasteiger partial charge < -0.3 is 4.90 Å². The Hall–Kier alpha value is -2.85. The molecule has 1 aliphatic rings. The Morgan fingerprint density at radius 2 is 1.89 bits per heavy atom. The number of fused-ring (bicyclic) bond motifs is 1. The number of sulfonamides is 1. The monoisotopic (exact) mass is 397 g/mol. The van der Waals surface area contributed by atoms with Crippen LogP contribution in [0.25, 0.3) is 0 Å². The smallest absolute Gasteiger partial charge is 0.254 e. The average molecular weight is 398 g/mol. The van der Waals surface area contributed by atoms with E-state index in [1.54, 1.807) is 35.2 Å². The van der Waals surface area contributed by atoms with Crippen LogP contribution >= 0.6 is 0 Å². The number of hydrogen-bond acceptors (Lipinski definition) is 4. The van der Waals surface area contributed by atoms with Gasteiger partial charge in [0, 0.05) is 24.7 Å². The van der Waals surface area contributed by atoms with Gasteiger partial charge in [-0.05, 0) is 61.7 Å². The van der Waals surface area contributed by atoms with Gasteiger partial charge in [-0.1, -0.05) is 12.1 Å². The summed E-state index contributed by atoms with van der Waals surface area (Å²) in [6.45, 7) is 4.76. The summed E-state index contributed by atoms with van der Waals surface area (Å²) in [5, 5.41) is 8.93. The summed E-state index contributed by atoms with van der Waals surface area (Å²) in [5.74, 6) is -0.0973. The van der Waals surface area contributed by atoms with Crippen LogP contribution in [0.5, 0.6) is 0 Å². The minimum atomic E-state index is -3.31. The number of rotatable bonds is 5. The predicted molar refractivity (Wildman–Crippen MR) is 109 cm³/mol. The Balaban J connectivity index is 1.85. The van der Waals surface area contributed by atoms with E-state index in [0.29, 0.717) is 36.3 Å². The van der Waals surface area contributed by atoms with Crippen LogP contribution in [0.15, 0.2) is 42.5 Å². The number of carbonyl (C=O) groups excluding carboxylic acids is 1. The van der Waals surface area contributed by atoms with Crippen LogP contribution in [0.3, 0.4) is 0 Å². The third-order valence-electron chi connectivity index (χ3n) is 4.90. The quantitative estimate of drug-likeness (QED) is 0.777. The lowest BCUT2D eigenvalue weighted by Crippen LogP contribution is -2.36. The van der Waals surface area contributed by atoms with Gasteiger partial charge in [0.25, 0.3) is 5.91 Å². The topological polar surface area (TPSA) is 81.5 Å². The van der Waals surface area contributed by atoms with E-state index < -0.39 is 10.0 Å². The summed E-state index contributed by atoms with van der Waals surface area (Å²) in [6.07, 6.45) is 1.79. The molecule has 2 aromatic rings. The fraction of sp³-hybridized carbons (Fsp3) is 0.333. The molecule has 0 aliphatic carbocycles. The number of nitrogens with zero attached hydrogens (tertiary/aromatic N) is 3. The van der Waals surface area contributed by atoms with E-state index in [0.717, 1.165) is 11.1 Å². The van der Waals surface area contributed by atoms with Crippen molar-refractivity contribution in [2.24, 2.45) is 0 Å². The summed E-state index contributed by atoms with van der Waals surface area (Å²) < 4.78 is 25.2. The molecule has 28 heavy (non-hydrogen) atoms. The molecule has 6 nitrogen and oxygen atoms in total. The maximum Gasteiger partial charge on any atom is 0.254 e. The third kappa shape index (κ3) is 4.02. The SMILES string of the molecule is CC(C)N(Cc1ccc(C#N)cc1)C(=O)c1ccc2c(c1)CCN2S(C)(=O)=O. The Labute approximate surface area is 166 Å². The van der Waals surface area contributed by atoms with Crippen molar-refractivity contribution in [3.05, 3.63) is 64.7 Å². The van der Waals surface area contributed by atoms with Crippen LogP contribution in [0.2, 0.25) is 0 Å². The molecule has 0 spiro atoms. The summed E-state index contributed by atoms with van der Waals surface area (Å²) in [6, 6.07) is 14.5. The molecule has 146 valence electrons. The van der Waals surface area contributed by atoms with Crippen molar-refractivity contribution in [2.45, 2.75) is 32.9 Å². The van der Waals surface area contributed by atoms with Gasteiger partial charge in [-0.2, -0.15) is 5.26 Å². The van der Waals surface area contributed by atoms with Crippen molar-refractivity contribution >= 4 is 21.6 Å². The second-order valence-corrected chi connectivity index (χ2v) is 9.17. The summed E-state index contributed by atoms with van der Waals surface area (Å²) in [5.41, 5.74) is 3.61. The number of amides is 1. The second kappa shape index (κ2) is 7.64. The van der Waals surface area contributed by atoms with Crippen LogP contribution in [0, 0.1) is 11.3 Å². The number of anilines is 1. The van der Waals surface area contributed by atoms with Crippen molar-refractivity contribution in [3.8, 4) is 6.07 Å². The zero-order valence-corrected chi connectivity index (χ0v) is 17.0. The highest BCUT2D eigenvalue weighted by Crippen LogP contribution is 2.31. The molecule has 0 radical (unpaired) electrons. The van der Waals surface area contributed by atoms with E-state index >= 15 is 0 Å². The van der Waals surface area contributed by atoms with E-state index in [9.17, 15) is 13.2 Å². The summed E-state index contributed by atoms with van der Waals surface area (Å²) >= 11 is 0. The predicted octanol–water partition coefficient (Wildman–Crippen LogP) is 2.93. The molecule has 3 rings (SSSR count). The normalized spacial score (nSPS) is 13.3. The average Bonchev–Trinajstić information content (AvgIpc) is 3.09. The summed E-state index contributed by atoms with van der Waals surface area (Å²) in [4.78, 5) is 14.9. The molecule has 0 unspecified atom stereocenters. The molecule has 0 bridgehead atoms. The molecule has 7 heteroatoms. The highest BCUT2D eigenvalue weighted by Gasteiger charge is 2.28. The number of nitriles is 1. The minimum absolute atomic E-state index is 0.0103. The maximum atomic E-state index is 13.1. The number of carbonyl (C=O) groups is 1. The van der Waals surface area contributed by atoms with Gasteiger partial charge in [0.15, 0.2) is 0 Å². The van der Waals surface area contributed by atoms with Crippen LogP contribution in [-0.2, 0) is 23.0 Å². The number of hydrogen-bond donors (Lipinski definition) is 0. The molecular formula is C21H23N3O3S. The van der Waals surface area contributed by atoms with Crippen molar-refractivity contribution in [3.63, 3.8) is 0 Å². The van der Waals surface area contributed by atoms with E-state index in [1.165, 1.54) is 10.6 Å². The lowest BCUT2D eigenvalue weighted by atomic mass is 10.1. The fourth-order valence-electron chi connectivity index (χ4n) is 3.39. The summed E-state index contributed by atoms with van der Waals surface area (Å²) in [7, 11) is -3.31. The van der Waals surface area contributed by atoms with Gasteiger partial charge in [0.2, 0.25) is 10.0 Å². The molecule has 0 atom stereocenters. The standard InChI is InChI=1S/C21H23N3O3S/c1-15(2)23(14-17-6-4-16(13-22)5-7-17)21(25)19-8-9-20-18(12-19)10-11-24(20)28(3,26)27/h4-9,12,15H,10-11,14H2,1-3H3. The molecule has 1 amide bonds. The zero-order valence-electron chi connectivity index (χ0n) is 16.2. The van der Waals surface area contributed by atoms with E-state index in [2.05, 4.69) is 6.07 Å². The Bertz CT molecular complexity index is 1040. The van der Waals surface area contributed by atoms with Crippen LogP contribution in [0.1, 0.15) is 40.9 Å².